The Morgan fingerprint density at radius 3 is 2.57 bits per heavy atom. The molecule has 0 saturated heterocycles. The van der Waals surface area contributed by atoms with Crippen LogP contribution in [0, 0.1) is 0 Å². The van der Waals surface area contributed by atoms with E-state index in [-0.39, 0.29) is 0 Å². The molecule has 0 amide bonds. The number of nitrogens with one attached hydrogen (secondary N) is 1. The molecule has 3 rings (SSSR count). The molecule has 1 aromatic heterocycles. The number of fused-ring (bicyclic) bond motifs is 1. The Morgan fingerprint density at radius 1 is 1.05 bits per heavy atom. The molecule has 1 atom stereocenters. The highest BCUT2D eigenvalue weighted by molar-refractivity contribution is 5.35. The summed E-state index contributed by atoms with van der Waals surface area (Å²) in [5, 5.41) is 3.57. The third kappa shape index (κ3) is 3.38. The van der Waals surface area contributed by atoms with Gasteiger partial charge in [0.1, 0.15) is 11.5 Å². The Bertz CT molecular complexity index is 599. The van der Waals surface area contributed by atoms with Gasteiger partial charge in [-0.05, 0) is 61.4 Å². The van der Waals surface area contributed by atoms with Crippen LogP contribution in [0.5, 0.6) is 0 Å². The molecule has 0 radical (unpaired) electrons. The van der Waals surface area contributed by atoms with Crippen molar-refractivity contribution >= 4 is 0 Å². The number of hydrogen-bond acceptors (Lipinski definition) is 2. The molecule has 0 spiro atoms. The van der Waals surface area contributed by atoms with Crippen LogP contribution in [0.1, 0.15) is 60.9 Å². The SMILES string of the molecule is CCc1ccc(CNC(C)c2ccc3c(c2)CCCC3)o1. The van der Waals surface area contributed by atoms with Crippen LogP contribution in [0.15, 0.2) is 34.7 Å². The van der Waals surface area contributed by atoms with Gasteiger partial charge in [-0.25, -0.2) is 0 Å². The van der Waals surface area contributed by atoms with Crippen LogP contribution >= 0.6 is 0 Å². The first kappa shape index (κ1) is 14.4. The highest BCUT2D eigenvalue weighted by atomic mass is 16.3. The van der Waals surface area contributed by atoms with Gasteiger partial charge in [-0.2, -0.15) is 0 Å². The van der Waals surface area contributed by atoms with E-state index in [0.29, 0.717) is 6.04 Å². The van der Waals surface area contributed by atoms with Gasteiger partial charge in [-0.1, -0.05) is 25.1 Å². The molecule has 1 N–H and O–H groups in total. The van der Waals surface area contributed by atoms with Gasteiger partial charge < -0.3 is 9.73 Å². The Morgan fingerprint density at radius 2 is 1.81 bits per heavy atom. The van der Waals surface area contributed by atoms with E-state index in [4.69, 9.17) is 4.42 Å². The summed E-state index contributed by atoms with van der Waals surface area (Å²) in [5.74, 6) is 2.09. The van der Waals surface area contributed by atoms with E-state index in [0.717, 1.165) is 24.5 Å². The van der Waals surface area contributed by atoms with Gasteiger partial charge >= 0.3 is 0 Å². The molecule has 0 aliphatic heterocycles. The fraction of sp³-hybridized carbons (Fsp3) is 0.474. The highest BCUT2D eigenvalue weighted by Crippen LogP contribution is 2.25. The second-order valence-corrected chi connectivity index (χ2v) is 6.06. The molecule has 1 aliphatic carbocycles. The van der Waals surface area contributed by atoms with Crippen LogP contribution in [0.3, 0.4) is 0 Å². The highest BCUT2D eigenvalue weighted by Gasteiger charge is 2.12. The predicted octanol–water partition coefficient (Wildman–Crippen LogP) is 4.57. The summed E-state index contributed by atoms with van der Waals surface area (Å²) in [6.45, 7) is 5.14. The van der Waals surface area contributed by atoms with Crippen LogP contribution in [0.4, 0.5) is 0 Å². The summed E-state index contributed by atoms with van der Waals surface area (Å²) in [6, 6.07) is 11.5. The average molecular weight is 283 g/mol. The minimum absolute atomic E-state index is 0.354. The Hall–Kier alpha value is -1.54. The molecular weight excluding hydrogens is 258 g/mol. The minimum atomic E-state index is 0.354. The van der Waals surface area contributed by atoms with Crippen molar-refractivity contribution in [1.82, 2.24) is 5.32 Å². The third-order valence-corrected chi connectivity index (χ3v) is 4.52. The molecule has 0 fully saturated rings. The lowest BCUT2D eigenvalue weighted by atomic mass is 9.89. The molecule has 2 nitrogen and oxygen atoms in total. The van der Waals surface area contributed by atoms with Gasteiger partial charge in [-0.3, -0.25) is 0 Å². The number of benzene rings is 1. The van der Waals surface area contributed by atoms with Crippen molar-refractivity contribution in [2.45, 2.75) is 58.5 Å². The third-order valence-electron chi connectivity index (χ3n) is 4.52. The lowest BCUT2D eigenvalue weighted by Gasteiger charge is -2.19. The summed E-state index contributed by atoms with van der Waals surface area (Å²) >= 11 is 0. The molecule has 1 unspecified atom stereocenters. The average Bonchev–Trinajstić information content (AvgIpc) is 3.00. The summed E-state index contributed by atoms with van der Waals surface area (Å²) in [7, 11) is 0. The second kappa shape index (κ2) is 6.48. The van der Waals surface area contributed by atoms with Crippen molar-refractivity contribution < 1.29 is 4.42 Å². The number of hydrogen-bond donors (Lipinski definition) is 1. The summed E-state index contributed by atoms with van der Waals surface area (Å²) in [4.78, 5) is 0. The molecule has 2 heteroatoms. The first-order valence-corrected chi connectivity index (χ1v) is 8.19. The minimum Gasteiger partial charge on any atom is -0.465 e. The summed E-state index contributed by atoms with van der Waals surface area (Å²) in [6.07, 6.45) is 6.14. The van der Waals surface area contributed by atoms with E-state index in [2.05, 4.69) is 49.5 Å². The largest absolute Gasteiger partial charge is 0.465 e. The second-order valence-electron chi connectivity index (χ2n) is 6.06. The Balaban J connectivity index is 1.63. The van der Waals surface area contributed by atoms with Crippen molar-refractivity contribution in [2.24, 2.45) is 0 Å². The first-order valence-electron chi connectivity index (χ1n) is 8.19. The smallest absolute Gasteiger partial charge is 0.117 e. The van der Waals surface area contributed by atoms with E-state index in [1.54, 1.807) is 11.1 Å². The van der Waals surface area contributed by atoms with Crippen LogP contribution in [0.2, 0.25) is 0 Å². The monoisotopic (exact) mass is 283 g/mol. The van der Waals surface area contributed by atoms with E-state index in [1.165, 1.54) is 31.2 Å². The van der Waals surface area contributed by atoms with Crippen LogP contribution in [-0.2, 0) is 25.8 Å². The summed E-state index contributed by atoms with van der Waals surface area (Å²) < 4.78 is 5.75. The molecule has 1 heterocycles. The molecule has 21 heavy (non-hydrogen) atoms. The number of furan rings is 1. The van der Waals surface area contributed by atoms with Crippen molar-refractivity contribution in [1.29, 1.82) is 0 Å². The maximum absolute atomic E-state index is 5.75. The zero-order valence-corrected chi connectivity index (χ0v) is 13.1. The Labute approximate surface area is 127 Å². The van der Waals surface area contributed by atoms with Gasteiger partial charge in [-0.15, -0.1) is 0 Å². The predicted molar refractivity (Wildman–Crippen MR) is 86.4 cm³/mol. The van der Waals surface area contributed by atoms with Crippen molar-refractivity contribution in [3.63, 3.8) is 0 Å². The molecule has 0 saturated carbocycles. The molecule has 0 bridgehead atoms. The molecule has 1 aromatic carbocycles. The maximum atomic E-state index is 5.75. The molecule has 2 aromatic rings. The van der Waals surface area contributed by atoms with Crippen LogP contribution < -0.4 is 5.32 Å². The Kier molecular flexibility index (Phi) is 4.45. The van der Waals surface area contributed by atoms with Gasteiger partial charge in [0.15, 0.2) is 0 Å². The van der Waals surface area contributed by atoms with Gasteiger partial charge in [0.2, 0.25) is 0 Å². The lowest BCUT2D eigenvalue weighted by molar-refractivity contribution is 0.435. The van der Waals surface area contributed by atoms with E-state index >= 15 is 0 Å². The topological polar surface area (TPSA) is 25.2 Å². The van der Waals surface area contributed by atoms with Gasteiger partial charge in [0, 0.05) is 12.5 Å². The van der Waals surface area contributed by atoms with Gasteiger partial charge in [0.05, 0.1) is 6.54 Å². The van der Waals surface area contributed by atoms with E-state index in [1.807, 2.05) is 0 Å². The fourth-order valence-corrected chi connectivity index (χ4v) is 3.10. The normalized spacial score (nSPS) is 15.7. The fourth-order valence-electron chi connectivity index (χ4n) is 3.10. The zero-order valence-electron chi connectivity index (χ0n) is 13.1. The lowest BCUT2D eigenvalue weighted by Crippen LogP contribution is -2.18. The summed E-state index contributed by atoms with van der Waals surface area (Å²) in [5.41, 5.74) is 4.49. The number of aryl methyl sites for hydroxylation is 3. The van der Waals surface area contributed by atoms with Crippen molar-refractivity contribution in [2.75, 3.05) is 0 Å². The first-order chi connectivity index (χ1) is 10.3. The number of rotatable bonds is 5. The van der Waals surface area contributed by atoms with Crippen LogP contribution in [0.25, 0.3) is 0 Å². The van der Waals surface area contributed by atoms with E-state index in [9.17, 15) is 0 Å². The van der Waals surface area contributed by atoms with Crippen molar-refractivity contribution in [3.05, 3.63) is 58.5 Å². The molecule has 112 valence electrons. The zero-order chi connectivity index (χ0) is 14.7. The van der Waals surface area contributed by atoms with Gasteiger partial charge in [0.25, 0.3) is 0 Å². The standard InChI is InChI=1S/C19H25NO/c1-3-18-10-11-19(21-18)13-20-14(2)16-9-8-15-6-4-5-7-17(15)12-16/h8-12,14,20H,3-7,13H2,1-2H3. The molecule has 1 aliphatic rings. The van der Waals surface area contributed by atoms with E-state index < -0.39 is 0 Å². The van der Waals surface area contributed by atoms with Crippen LogP contribution in [-0.4, -0.2) is 0 Å². The quantitative estimate of drug-likeness (QED) is 0.869. The maximum Gasteiger partial charge on any atom is 0.117 e. The van der Waals surface area contributed by atoms with Crippen molar-refractivity contribution in [3.8, 4) is 0 Å². The molecular formula is C19H25NO.